The number of esters is 1. The molecule has 0 radical (unpaired) electrons. The van der Waals surface area contributed by atoms with E-state index in [0.717, 1.165) is 12.1 Å². The Hall–Kier alpha value is -2.77. The van der Waals surface area contributed by atoms with Crippen LogP contribution in [0, 0.1) is 0 Å². The molecule has 0 spiro atoms. The molecule has 1 amide bonds. The SMILES string of the molecule is CC[C@@H](C)NC(=O)COC(=O)c1ccc(-n2cnnn2)cc1. The summed E-state index contributed by atoms with van der Waals surface area (Å²) in [5.74, 6) is -0.865. The second-order valence-corrected chi connectivity index (χ2v) is 4.75. The number of carbonyl (C=O) groups is 2. The predicted molar refractivity (Wildman–Crippen MR) is 77.3 cm³/mol. The van der Waals surface area contributed by atoms with E-state index in [1.54, 1.807) is 24.3 Å². The maximum atomic E-state index is 11.9. The number of amides is 1. The molecule has 0 saturated carbocycles. The highest BCUT2D eigenvalue weighted by Gasteiger charge is 2.11. The van der Waals surface area contributed by atoms with E-state index >= 15 is 0 Å². The van der Waals surface area contributed by atoms with Gasteiger partial charge in [-0.1, -0.05) is 6.92 Å². The Kier molecular flexibility index (Phi) is 5.18. The molecule has 8 nitrogen and oxygen atoms in total. The molecular formula is C14H17N5O3. The number of carbonyl (C=O) groups excluding carboxylic acids is 2. The minimum absolute atomic E-state index is 0.0572. The summed E-state index contributed by atoms with van der Waals surface area (Å²) in [5, 5.41) is 13.5. The largest absolute Gasteiger partial charge is 0.452 e. The third kappa shape index (κ3) is 4.11. The molecule has 2 rings (SSSR count). The van der Waals surface area contributed by atoms with Crippen LogP contribution in [0.2, 0.25) is 0 Å². The number of nitrogens with one attached hydrogen (secondary N) is 1. The van der Waals surface area contributed by atoms with Crippen LogP contribution in [-0.4, -0.2) is 44.7 Å². The van der Waals surface area contributed by atoms with E-state index in [-0.39, 0.29) is 18.6 Å². The summed E-state index contributed by atoms with van der Waals surface area (Å²) >= 11 is 0. The first-order valence-electron chi connectivity index (χ1n) is 6.90. The van der Waals surface area contributed by atoms with Crippen LogP contribution in [0.1, 0.15) is 30.6 Å². The van der Waals surface area contributed by atoms with Crippen LogP contribution in [0.4, 0.5) is 0 Å². The lowest BCUT2D eigenvalue weighted by molar-refractivity contribution is -0.124. The van der Waals surface area contributed by atoms with Crippen LogP contribution in [-0.2, 0) is 9.53 Å². The molecule has 1 aromatic heterocycles. The van der Waals surface area contributed by atoms with Gasteiger partial charge in [-0.05, 0) is 48.0 Å². The average molecular weight is 303 g/mol. The summed E-state index contributed by atoms with van der Waals surface area (Å²) in [6.45, 7) is 3.55. The number of hydrogen-bond donors (Lipinski definition) is 1. The number of nitrogens with zero attached hydrogens (tertiary/aromatic N) is 4. The van der Waals surface area contributed by atoms with Crippen LogP contribution < -0.4 is 5.32 Å². The van der Waals surface area contributed by atoms with Gasteiger partial charge in [0, 0.05) is 6.04 Å². The first-order chi connectivity index (χ1) is 10.6. The van der Waals surface area contributed by atoms with Crippen molar-refractivity contribution in [3.8, 4) is 5.69 Å². The topological polar surface area (TPSA) is 99.0 Å². The van der Waals surface area contributed by atoms with Crippen molar-refractivity contribution in [2.75, 3.05) is 6.61 Å². The van der Waals surface area contributed by atoms with Gasteiger partial charge in [0.2, 0.25) is 0 Å². The highest BCUT2D eigenvalue weighted by atomic mass is 16.5. The minimum Gasteiger partial charge on any atom is -0.452 e. The highest BCUT2D eigenvalue weighted by molar-refractivity contribution is 5.91. The molecule has 0 bridgehead atoms. The Balaban J connectivity index is 1.89. The second-order valence-electron chi connectivity index (χ2n) is 4.75. The summed E-state index contributed by atoms with van der Waals surface area (Å²) in [4.78, 5) is 23.4. The van der Waals surface area contributed by atoms with E-state index in [1.165, 1.54) is 11.0 Å². The van der Waals surface area contributed by atoms with Gasteiger partial charge >= 0.3 is 5.97 Å². The fraction of sp³-hybridized carbons (Fsp3) is 0.357. The van der Waals surface area contributed by atoms with Gasteiger partial charge in [-0.3, -0.25) is 4.79 Å². The van der Waals surface area contributed by atoms with E-state index in [4.69, 9.17) is 4.74 Å². The summed E-state index contributed by atoms with van der Waals surface area (Å²) in [7, 11) is 0. The molecule has 0 aliphatic carbocycles. The van der Waals surface area contributed by atoms with Crippen molar-refractivity contribution in [3.05, 3.63) is 36.2 Å². The Morgan fingerprint density at radius 3 is 2.64 bits per heavy atom. The maximum absolute atomic E-state index is 11.9. The van der Waals surface area contributed by atoms with Gasteiger partial charge in [0.25, 0.3) is 5.91 Å². The van der Waals surface area contributed by atoms with Crippen LogP contribution in [0.5, 0.6) is 0 Å². The zero-order valence-electron chi connectivity index (χ0n) is 12.4. The molecule has 0 saturated heterocycles. The first kappa shape index (κ1) is 15.6. The number of rotatable bonds is 6. The lowest BCUT2D eigenvalue weighted by atomic mass is 10.2. The highest BCUT2D eigenvalue weighted by Crippen LogP contribution is 2.08. The van der Waals surface area contributed by atoms with E-state index in [2.05, 4.69) is 20.8 Å². The molecule has 1 heterocycles. The van der Waals surface area contributed by atoms with Gasteiger partial charge in [0.15, 0.2) is 6.61 Å². The quantitative estimate of drug-likeness (QED) is 0.790. The van der Waals surface area contributed by atoms with Gasteiger partial charge in [-0.15, -0.1) is 5.10 Å². The molecule has 0 fully saturated rings. The monoisotopic (exact) mass is 303 g/mol. The zero-order valence-corrected chi connectivity index (χ0v) is 12.4. The summed E-state index contributed by atoms with van der Waals surface area (Å²) < 4.78 is 6.43. The van der Waals surface area contributed by atoms with Gasteiger partial charge in [-0.25, -0.2) is 9.48 Å². The molecule has 1 atom stereocenters. The van der Waals surface area contributed by atoms with Crippen LogP contribution in [0.15, 0.2) is 30.6 Å². The molecule has 22 heavy (non-hydrogen) atoms. The van der Waals surface area contributed by atoms with Crippen molar-refractivity contribution in [2.24, 2.45) is 0 Å². The standard InChI is InChI=1S/C14H17N5O3/c1-3-10(2)16-13(20)8-22-14(21)11-4-6-12(7-5-11)19-9-15-17-18-19/h4-7,9-10H,3,8H2,1-2H3,(H,16,20)/t10-/m1/s1. The third-order valence-corrected chi connectivity index (χ3v) is 3.07. The molecule has 0 aliphatic rings. The number of hydrogen-bond acceptors (Lipinski definition) is 6. The molecule has 8 heteroatoms. The van der Waals surface area contributed by atoms with Crippen molar-refractivity contribution in [3.63, 3.8) is 0 Å². The summed E-state index contributed by atoms with van der Waals surface area (Å²) in [6.07, 6.45) is 2.27. The molecule has 2 aromatic rings. The summed E-state index contributed by atoms with van der Waals surface area (Å²) in [5.41, 5.74) is 1.07. The number of tetrazole rings is 1. The second kappa shape index (κ2) is 7.30. The smallest absolute Gasteiger partial charge is 0.338 e. The minimum atomic E-state index is -0.553. The Morgan fingerprint density at radius 2 is 2.05 bits per heavy atom. The predicted octanol–water partition coefficient (Wildman–Crippen LogP) is 0.734. The molecule has 1 aromatic carbocycles. The van der Waals surface area contributed by atoms with E-state index in [9.17, 15) is 9.59 Å². The number of aromatic nitrogens is 4. The lowest BCUT2D eigenvalue weighted by Crippen LogP contribution is -2.35. The first-order valence-corrected chi connectivity index (χ1v) is 6.90. The fourth-order valence-electron chi connectivity index (χ4n) is 1.66. The van der Waals surface area contributed by atoms with Crippen molar-refractivity contribution in [1.82, 2.24) is 25.5 Å². The zero-order chi connectivity index (χ0) is 15.9. The normalized spacial score (nSPS) is 11.7. The Labute approximate surface area is 127 Å². The van der Waals surface area contributed by atoms with E-state index in [0.29, 0.717) is 5.56 Å². The third-order valence-electron chi connectivity index (χ3n) is 3.07. The average Bonchev–Trinajstić information content (AvgIpc) is 3.07. The molecule has 0 unspecified atom stereocenters. The molecule has 0 aliphatic heterocycles. The van der Waals surface area contributed by atoms with Gasteiger partial charge in [0.05, 0.1) is 11.3 Å². The molecule has 1 N–H and O–H groups in total. The van der Waals surface area contributed by atoms with Crippen LogP contribution in [0.3, 0.4) is 0 Å². The van der Waals surface area contributed by atoms with Crippen molar-refractivity contribution >= 4 is 11.9 Å². The lowest BCUT2D eigenvalue weighted by Gasteiger charge is -2.11. The van der Waals surface area contributed by atoms with Crippen molar-refractivity contribution in [1.29, 1.82) is 0 Å². The fourth-order valence-corrected chi connectivity index (χ4v) is 1.66. The molecular weight excluding hydrogens is 286 g/mol. The van der Waals surface area contributed by atoms with Crippen molar-refractivity contribution in [2.45, 2.75) is 26.3 Å². The van der Waals surface area contributed by atoms with Gasteiger partial charge < -0.3 is 10.1 Å². The molecule has 116 valence electrons. The van der Waals surface area contributed by atoms with Crippen LogP contribution >= 0.6 is 0 Å². The van der Waals surface area contributed by atoms with E-state index in [1.807, 2.05) is 13.8 Å². The van der Waals surface area contributed by atoms with Gasteiger partial charge in [0.1, 0.15) is 6.33 Å². The van der Waals surface area contributed by atoms with Crippen LogP contribution in [0.25, 0.3) is 5.69 Å². The number of ether oxygens (including phenoxy) is 1. The maximum Gasteiger partial charge on any atom is 0.338 e. The Morgan fingerprint density at radius 1 is 1.32 bits per heavy atom. The van der Waals surface area contributed by atoms with E-state index < -0.39 is 5.97 Å². The Bertz CT molecular complexity index is 624. The number of benzene rings is 1. The summed E-state index contributed by atoms with van der Waals surface area (Å²) in [6, 6.07) is 6.61. The van der Waals surface area contributed by atoms with Crippen molar-refractivity contribution < 1.29 is 14.3 Å². The van der Waals surface area contributed by atoms with Gasteiger partial charge in [-0.2, -0.15) is 0 Å².